The molecular formula is C49H52ClF3N8O6. The number of fused-ring (bicyclic) bond motifs is 1. The van der Waals surface area contributed by atoms with Crippen LogP contribution in [0.4, 0.5) is 19.1 Å². The fourth-order valence-electron chi connectivity index (χ4n) is 10.2. The number of hydrogen-bond acceptors (Lipinski definition) is 10. The molecule has 5 aromatic rings. The molecule has 2 amide bonds. The Morgan fingerprint density at radius 2 is 1.63 bits per heavy atom. The van der Waals surface area contributed by atoms with Crippen molar-refractivity contribution < 1.29 is 37.4 Å². The van der Waals surface area contributed by atoms with Gasteiger partial charge in [-0.3, -0.25) is 24.0 Å². The van der Waals surface area contributed by atoms with Crippen molar-refractivity contribution in [2.45, 2.75) is 101 Å². The molecule has 2 N–H and O–H groups in total. The van der Waals surface area contributed by atoms with Gasteiger partial charge in [0.15, 0.2) is 0 Å². The first-order valence-corrected chi connectivity index (χ1v) is 22.8. The van der Waals surface area contributed by atoms with E-state index in [0.717, 1.165) is 91.4 Å². The number of imide groups is 1. The van der Waals surface area contributed by atoms with Gasteiger partial charge in [-0.15, -0.1) is 0 Å². The molecule has 1 atom stereocenters. The smallest absolute Gasteiger partial charge is 0.487 e. The maximum Gasteiger partial charge on any atom is 0.490 e. The van der Waals surface area contributed by atoms with E-state index in [1.54, 1.807) is 22.2 Å². The normalized spacial score (nSPS) is 19.3. The van der Waals surface area contributed by atoms with Crippen LogP contribution in [0.1, 0.15) is 105 Å². The second kappa shape index (κ2) is 18.8. The van der Waals surface area contributed by atoms with Gasteiger partial charge in [-0.05, 0) is 135 Å². The third-order valence-corrected chi connectivity index (χ3v) is 14.5. The number of benzene rings is 3. The number of hydrogen-bond donors (Lipinski definition) is 2. The van der Waals surface area contributed by atoms with Gasteiger partial charge in [0, 0.05) is 49.2 Å². The third-order valence-electron chi connectivity index (χ3n) is 14.3. The largest absolute Gasteiger partial charge is 0.490 e. The fraction of sp³-hybridized carbons (Fsp3) is 0.449. The van der Waals surface area contributed by atoms with Crippen LogP contribution in [0.5, 0.6) is 5.75 Å². The first kappa shape index (κ1) is 47.3. The SMILES string of the molecule is Cn1c(=O)n(C2CCC(=O)NC2=O)c2ccc(C3CCN(C4CC5(CCN(c6nccc(COc7ccc(C(C)(C)c8cc(Cl)cc(C#N)c8)cc7)n6)CC5)C4)CC3)cc21.O=C(O)C(F)(F)F. The summed E-state index contributed by atoms with van der Waals surface area (Å²) in [4.78, 5) is 61.1. The molecular weight excluding hydrogens is 889 g/mol. The molecule has 2 aromatic heterocycles. The van der Waals surface area contributed by atoms with E-state index in [1.165, 1.54) is 18.4 Å². The van der Waals surface area contributed by atoms with Crippen LogP contribution in [-0.4, -0.2) is 85.3 Å². The first-order valence-electron chi connectivity index (χ1n) is 22.4. The van der Waals surface area contributed by atoms with Crippen molar-refractivity contribution in [1.82, 2.24) is 29.3 Å². The molecule has 1 unspecified atom stereocenters. The number of nitrogens with one attached hydrogen (secondary N) is 1. The van der Waals surface area contributed by atoms with Crippen molar-refractivity contribution in [1.29, 1.82) is 5.26 Å². The molecule has 9 rings (SSSR count). The predicted octanol–water partition coefficient (Wildman–Crippen LogP) is 7.80. The number of amides is 2. The van der Waals surface area contributed by atoms with Crippen LogP contribution < -0.4 is 20.6 Å². The molecule has 352 valence electrons. The minimum atomic E-state index is -5.08. The van der Waals surface area contributed by atoms with Crippen LogP contribution in [0.25, 0.3) is 11.0 Å². The number of halogens is 4. The topological polar surface area (TPSA) is 176 Å². The number of rotatable bonds is 9. The Hall–Kier alpha value is -6.25. The predicted molar refractivity (Wildman–Crippen MR) is 244 cm³/mol. The van der Waals surface area contributed by atoms with Crippen LogP contribution >= 0.6 is 11.6 Å². The van der Waals surface area contributed by atoms with Gasteiger partial charge in [-0.2, -0.15) is 18.4 Å². The molecule has 4 fully saturated rings. The van der Waals surface area contributed by atoms with E-state index in [2.05, 4.69) is 64.3 Å². The second-order valence-corrected chi connectivity index (χ2v) is 19.2. The Morgan fingerprint density at radius 3 is 2.27 bits per heavy atom. The summed E-state index contributed by atoms with van der Waals surface area (Å²) in [6.45, 7) is 8.65. The van der Waals surface area contributed by atoms with Crippen molar-refractivity contribution in [3.05, 3.63) is 116 Å². The van der Waals surface area contributed by atoms with Gasteiger partial charge in [0.05, 0.1) is 28.4 Å². The number of nitriles is 1. The van der Waals surface area contributed by atoms with E-state index in [4.69, 9.17) is 31.2 Å². The summed E-state index contributed by atoms with van der Waals surface area (Å²) >= 11 is 6.31. The molecule has 1 spiro atoms. The maximum absolute atomic E-state index is 13.3. The Kier molecular flexibility index (Phi) is 13.3. The fourth-order valence-corrected chi connectivity index (χ4v) is 10.4. The Labute approximate surface area is 390 Å². The lowest BCUT2D eigenvalue weighted by Gasteiger charge is -2.56. The average Bonchev–Trinajstić information content (AvgIpc) is 3.55. The number of aromatic nitrogens is 4. The number of piperidine rings is 3. The summed E-state index contributed by atoms with van der Waals surface area (Å²) in [5.74, 6) is -1.49. The molecule has 18 heteroatoms. The molecule has 3 aromatic carbocycles. The highest BCUT2D eigenvalue weighted by atomic mass is 35.5. The zero-order chi connectivity index (χ0) is 47.8. The number of carboxylic acid groups (broad SMARTS) is 1. The molecule has 1 saturated carbocycles. The first-order chi connectivity index (χ1) is 31.8. The van der Waals surface area contributed by atoms with E-state index in [0.29, 0.717) is 41.0 Å². The van der Waals surface area contributed by atoms with Crippen molar-refractivity contribution in [3.8, 4) is 11.8 Å². The monoisotopic (exact) mass is 940 g/mol. The van der Waals surface area contributed by atoms with Gasteiger partial charge in [-0.25, -0.2) is 19.6 Å². The highest BCUT2D eigenvalue weighted by molar-refractivity contribution is 6.30. The Bertz CT molecular complexity index is 2780. The summed E-state index contributed by atoms with van der Waals surface area (Å²) in [6.07, 6.45) is 4.28. The van der Waals surface area contributed by atoms with Crippen LogP contribution in [0.15, 0.2) is 77.7 Å². The Morgan fingerprint density at radius 1 is 0.940 bits per heavy atom. The molecule has 5 heterocycles. The minimum absolute atomic E-state index is 0.227. The molecule has 1 aliphatic carbocycles. The second-order valence-electron chi connectivity index (χ2n) is 18.7. The number of alkyl halides is 3. The van der Waals surface area contributed by atoms with Gasteiger partial charge in [-0.1, -0.05) is 43.6 Å². The average molecular weight is 941 g/mol. The number of anilines is 1. The van der Waals surface area contributed by atoms with E-state index < -0.39 is 24.1 Å². The van der Waals surface area contributed by atoms with E-state index in [-0.39, 0.29) is 23.4 Å². The summed E-state index contributed by atoms with van der Waals surface area (Å²) in [6, 6.07) is 23.9. The Balaban J connectivity index is 0.000000807. The quantitative estimate of drug-likeness (QED) is 0.138. The zero-order valence-corrected chi connectivity index (χ0v) is 38.2. The van der Waals surface area contributed by atoms with Crippen molar-refractivity contribution in [2.24, 2.45) is 12.5 Å². The molecule has 4 aliphatic rings. The lowest BCUT2D eigenvalue weighted by molar-refractivity contribution is -0.192. The lowest BCUT2D eigenvalue weighted by atomic mass is 9.59. The van der Waals surface area contributed by atoms with Crippen LogP contribution in [0.2, 0.25) is 5.02 Å². The van der Waals surface area contributed by atoms with Gasteiger partial charge in [0.25, 0.3) is 0 Å². The van der Waals surface area contributed by atoms with Gasteiger partial charge < -0.3 is 19.6 Å². The number of imidazole rings is 1. The number of aryl methyl sites for hydroxylation is 1. The van der Waals surface area contributed by atoms with Gasteiger partial charge in [0.2, 0.25) is 17.8 Å². The number of carbonyl (C=O) groups is 3. The summed E-state index contributed by atoms with van der Waals surface area (Å²) in [5.41, 5.74) is 6.11. The number of nitrogens with zero attached hydrogens (tertiary/aromatic N) is 7. The molecule has 0 radical (unpaired) electrons. The van der Waals surface area contributed by atoms with Crippen LogP contribution in [0.3, 0.4) is 0 Å². The lowest BCUT2D eigenvalue weighted by Crippen LogP contribution is -2.56. The van der Waals surface area contributed by atoms with Crippen molar-refractivity contribution in [2.75, 3.05) is 31.1 Å². The highest BCUT2D eigenvalue weighted by Gasteiger charge is 2.48. The number of ether oxygens (including phenoxy) is 1. The van der Waals surface area contributed by atoms with Gasteiger partial charge in [0.1, 0.15) is 18.4 Å². The van der Waals surface area contributed by atoms with Crippen molar-refractivity contribution in [3.63, 3.8) is 0 Å². The van der Waals surface area contributed by atoms with Gasteiger partial charge >= 0.3 is 17.8 Å². The maximum atomic E-state index is 13.3. The van der Waals surface area contributed by atoms with E-state index in [1.807, 2.05) is 42.6 Å². The van der Waals surface area contributed by atoms with E-state index >= 15 is 0 Å². The molecule has 14 nitrogen and oxygen atoms in total. The summed E-state index contributed by atoms with van der Waals surface area (Å²) < 4.78 is 41.1. The van der Waals surface area contributed by atoms with Crippen molar-refractivity contribution >= 4 is 46.4 Å². The standard InChI is InChI=1S/C47H51ClN8O4.C2HF3O2/c1-46(2,34-22-30(28-49)23-35(48)25-34)33-5-7-38(8-6-33)60-29-36-12-17-50-44(51-36)55-20-15-47(16-21-55)26-37(27-47)54-18-13-31(14-19-54)32-4-9-39-41(24-32)53(3)45(59)56(39)40-10-11-42(57)52-43(40)58;3-2(4,5)1(6)7/h4-9,12,17,22-25,31,37,40H,10-11,13-16,18-21,26-27,29H2,1-3H3,(H,52,57,58);(H,6,7). The molecule has 3 saturated heterocycles. The number of carboxylic acids is 1. The number of carbonyl (C=O) groups excluding carboxylic acids is 2. The molecule has 3 aliphatic heterocycles. The summed E-state index contributed by atoms with van der Waals surface area (Å²) in [5, 5.41) is 19.5. The third kappa shape index (κ3) is 10.1. The number of aliphatic carboxylic acids is 1. The molecule has 0 bridgehead atoms. The van der Waals surface area contributed by atoms with Crippen LogP contribution in [-0.2, 0) is 33.5 Å². The van der Waals surface area contributed by atoms with E-state index in [9.17, 15) is 32.8 Å². The summed E-state index contributed by atoms with van der Waals surface area (Å²) in [7, 11) is 1.76. The highest BCUT2D eigenvalue weighted by Crippen LogP contribution is 2.52. The number of likely N-dealkylation sites (tertiary alicyclic amines) is 1. The molecule has 67 heavy (non-hydrogen) atoms. The zero-order valence-electron chi connectivity index (χ0n) is 37.5. The minimum Gasteiger partial charge on any atom is -0.487 e. The van der Waals surface area contributed by atoms with Crippen LogP contribution in [0, 0.1) is 16.7 Å².